The highest BCUT2D eigenvalue weighted by Crippen LogP contribution is 2.70. The highest BCUT2D eigenvalue weighted by molar-refractivity contribution is 8.77. The van der Waals surface area contributed by atoms with E-state index in [0.29, 0.717) is 48.5 Å². The number of aliphatic hydroxyl groups excluding tert-OH is 3. The Morgan fingerprint density at radius 1 is 0.926 bits per heavy atom. The van der Waals surface area contributed by atoms with Crippen molar-refractivity contribution in [2.45, 2.75) is 129 Å². The second-order valence-electron chi connectivity index (χ2n) is 20.6. The van der Waals surface area contributed by atoms with Crippen molar-refractivity contribution in [2.75, 3.05) is 39.3 Å². The number of allylic oxidation sites excluding steroid dienone is 1. The first-order valence-corrected chi connectivity index (χ1v) is 29.1. The van der Waals surface area contributed by atoms with Crippen LogP contribution in [-0.2, 0) is 11.0 Å². The van der Waals surface area contributed by atoms with E-state index in [1.54, 1.807) is 17.7 Å². The van der Waals surface area contributed by atoms with Gasteiger partial charge in [-0.1, -0.05) is 75.9 Å². The van der Waals surface area contributed by atoms with Crippen molar-refractivity contribution in [2.24, 2.45) is 11.8 Å². The Morgan fingerprint density at radius 3 is 2.50 bits per heavy atom. The van der Waals surface area contributed by atoms with Gasteiger partial charge in [0.1, 0.15) is 30.0 Å². The van der Waals surface area contributed by atoms with Gasteiger partial charge in [-0.25, -0.2) is 0 Å². The van der Waals surface area contributed by atoms with E-state index in [1.807, 2.05) is 67.6 Å². The molecule has 15 heteroatoms. The summed E-state index contributed by atoms with van der Waals surface area (Å²) in [6.45, 7) is 4.08. The second kappa shape index (κ2) is 18.3. The Kier molecular flexibility index (Phi) is 12.6. The number of aromatic nitrogens is 1. The van der Waals surface area contributed by atoms with Crippen LogP contribution >= 0.6 is 43.2 Å². The molecule has 0 unspecified atom stereocenters. The van der Waals surface area contributed by atoms with Gasteiger partial charge < -0.3 is 54.6 Å². The van der Waals surface area contributed by atoms with Gasteiger partial charge in [0, 0.05) is 67.5 Å². The summed E-state index contributed by atoms with van der Waals surface area (Å²) in [6, 6.07) is 11.3. The van der Waals surface area contributed by atoms with Crippen molar-refractivity contribution in [3.8, 4) is 51.4 Å². The number of hydrogen-bond donors (Lipinski definition) is 7. The van der Waals surface area contributed by atoms with Gasteiger partial charge in [-0.3, -0.25) is 0 Å². The second-order valence-corrected chi connectivity index (χ2v) is 26.0. The number of phenolic OH excluding ortho intramolecular Hbond substituents is 3. The Balaban J connectivity index is 1.19. The van der Waals surface area contributed by atoms with Crippen LogP contribution in [0.3, 0.4) is 0 Å². The molecule has 4 aliphatic carbocycles. The number of aromatic amines is 1. The number of rotatable bonds is 11. The zero-order chi connectivity index (χ0) is 47.1. The molecule has 68 heavy (non-hydrogen) atoms. The van der Waals surface area contributed by atoms with E-state index >= 15 is 0 Å². The molecule has 8 atom stereocenters. The zero-order valence-electron chi connectivity index (χ0n) is 38.9. The number of ether oxygens (including phenoxy) is 4. The first kappa shape index (κ1) is 46.9. The van der Waals surface area contributed by atoms with Gasteiger partial charge in [0.25, 0.3) is 0 Å². The van der Waals surface area contributed by atoms with Crippen LogP contribution in [0.4, 0.5) is 0 Å². The van der Waals surface area contributed by atoms with Crippen LogP contribution in [-0.4, -0.2) is 96.3 Å². The molecule has 3 fully saturated rings. The van der Waals surface area contributed by atoms with Gasteiger partial charge in [0.05, 0.1) is 26.9 Å². The number of benzene rings is 3. The number of nitrogens with one attached hydrogen (secondary N) is 1. The van der Waals surface area contributed by atoms with Crippen LogP contribution in [0.1, 0.15) is 124 Å². The third-order valence-corrected chi connectivity index (χ3v) is 23.1. The lowest BCUT2D eigenvalue weighted by Crippen LogP contribution is -2.57. The molecule has 1 aromatic heterocycles. The largest absolute Gasteiger partial charge is 0.508 e. The SMILES string of the molecule is COc1c(O)c(OCCC(C)C)cc([C@@]23CC[C@H]4SS[C@@H]5C[C@@H]6CC[C@@H]7c8cc(O)ccc8-c8c(OCCO)cc(c(c8[C@]7(CO)CSSC7(CCCC7)C5=C(c5cc[nH]c5)C6)[C@@H]4[C@H]2O)O3)c1O. The van der Waals surface area contributed by atoms with Crippen LogP contribution in [0.15, 0.2) is 54.4 Å². The molecular weight excluding hydrogens is 939 g/mol. The van der Waals surface area contributed by atoms with Crippen LogP contribution < -0.4 is 18.9 Å². The summed E-state index contributed by atoms with van der Waals surface area (Å²) < 4.78 is 25.8. The van der Waals surface area contributed by atoms with Crippen molar-refractivity contribution < 1.29 is 49.6 Å². The van der Waals surface area contributed by atoms with Crippen LogP contribution in [0.5, 0.6) is 40.2 Å². The minimum Gasteiger partial charge on any atom is -0.508 e. The van der Waals surface area contributed by atoms with E-state index in [1.165, 1.54) is 18.2 Å². The van der Waals surface area contributed by atoms with Gasteiger partial charge in [0.2, 0.25) is 11.5 Å². The molecule has 2 saturated carbocycles. The lowest BCUT2D eigenvalue weighted by Gasteiger charge is -2.55. The predicted molar refractivity (Wildman–Crippen MR) is 273 cm³/mol. The molecule has 3 aromatic carbocycles. The molecule has 11 nitrogen and oxygen atoms in total. The smallest absolute Gasteiger partial charge is 0.207 e. The minimum atomic E-state index is -1.52. The number of H-pyrrole nitrogens is 1. The van der Waals surface area contributed by atoms with E-state index in [0.717, 1.165) is 85.6 Å². The number of aliphatic hydroxyl groups is 3. The molecule has 9 aliphatic rings. The van der Waals surface area contributed by atoms with Crippen molar-refractivity contribution in [1.82, 2.24) is 4.98 Å². The van der Waals surface area contributed by atoms with Gasteiger partial charge in [-0.15, -0.1) is 0 Å². The summed E-state index contributed by atoms with van der Waals surface area (Å²) >= 11 is 0. The number of fused-ring (bicyclic) bond motifs is 5. The van der Waals surface area contributed by atoms with E-state index in [-0.39, 0.29) is 75.3 Å². The molecular formula is C53H63NO10S4. The summed E-state index contributed by atoms with van der Waals surface area (Å²) in [5.74, 6) is 0.916. The number of hydrogen-bond acceptors (Lipinski definition) is 14. The highest BCUT2D eigenvalue weighted by Gasteiger charge is 2.62. The standard InChI is InChI=1S/C53H63NO10S4/c1-28(2)12-18-62-39-23-36(47(58)49(61-3)48(39)59)53-15-10-40-44(50(53)60)43-38(64-53)24-37(63-19-17-55)42-32-8-7-31(57)22-34(32)35-9-6-29-20-33(30-11-16-54-25-30)45(41(21-29)67-66-40)52(13-4-5-14-52)68-65-27-51(35,26-56)46(42)43/h7-8,11,16,22-25,28-29,35,40-41,44,50,54-60H,4-6,9-10,12-15,17-21,26-27H2,1-3H3/t29-,35-,40-,41-,44-,50-,51-,53+/m1/s1. The third kappa shape index (κ3) is 7.35. The summed E-state index contributed by atoms with van der Waals surface area (Å²) in [7, 11) is 9.11. The van der Waals surface area contributed by atoms with Crippen molar-refractivity contribution in [3.05, 3.63) is 82.2 Å². The zero-order valence-corrected chi connectivity index (χ0v) is 42.2. The number of phenols is 3. The lowest BCUT2D eigenvalue weighted by molar-refractivity contribution is -0.112. The van der Waals surface area contributed by atoms with Gasteiger partial charge in [0.15, 0.2) is 17.1 Å². The maximum Gasteiger partial charge on any atom is 0.207 e. The first-order chi connectivity index (χ1) is 33.0. The Bertz CT molecular complexity index is 2600. The first-order valence-electron chi connectivity index (χ1n) is 24.5. The maximum atomic E-state index is 13.6. The molecule has 5 aliphatic heterocycles. The van der Waals surface area contributed by atoms with E-state index in [9.17, 15) is 30.6 Å². The Labute approximate surface area is 414 Å². The normalized spacial score (nSPS) is 29.9. The van der Waals surface area contributed by atoms with E-state index < -0.39 is 23.0 Å². The number of methoxy groups -OCH3 is 1. The molecule has 7 N–H and O–H groups in total. The summed E-state index contributed by atoms with van der Waals surface area (Å²) in [4.78, 5) is 3.39. The quantitative estimate of drug-likeness (QED) is 0.0707. The fraction of sp³-hybridized carbons (Fsp3) is 0.547. The Hall–Kier alpha value is -3.44. The maximum absolute atomic E-state index is 13.6. The topological polar surface area (TPSA) is 174 Å². The summed E-state index contributed by atoms with van der Waals surface area (Å²) in [6.07, 6.45) is 12.9. The molecule has 8 bridgehead atoms. The summed E-state index contributed by atoms with van der Waals surface area (Å²) in [5, 5.41) is 71.6. The number of aromatic hydroxyl groups is 3. The molecule has 1 spiro atoms. The highest BCUT2D eigenvalue weighted by atomic mass is 33.1. The van der Waals surface area contributed by atoms with E-state index in [4.69, 9.17) is 18.9 Å². The molecule has 364 valence electrons. The third-order valence-electron chi connectivity index (χ3n) is 16.4. The Morgan fingerprint density at radius 2 is 1.75 bits per heavy atom. The van der Waals surface area contributed by atoms with Crippen LogP contribution in [0.25, 0.3) is 16.7 Å². The molecule has 1 saturated heterocycles. The lowest BCUT2D eigenvalue weighted by atomic mass is 9.56. The fourth-order valence-electron chi connectivity index (χ4n) is 13.3. The van der Waals surface area contributed by atoms with Gasteiger partial charge in [-0.05, 0) is 133 Å². The molecule has 4 aromatic rings. The van der Waals surface area contributed by atoms with Gasteiger partial charge >= 0.3 is 0 Å². The average Bonchev–Trinajstić information content (AvgIpc) is 4.04. The molecule has 13 rings (SSSR count). The molecule has 0 amide bonds. The van der Waals surface area contributed by atoms with Gasteiger partial charge in [-0.2, -0.15) is 0 Å². The molecule has 0 radical (unpaired) electrons. The van der Waals surface area contributed by atoms with Crippen LogP contribution in [0, 0.1) is 11.8 Å². The fourth-order valence-corrected chi connectivity index (χ4v) is 21.1. The monoisotopic (exact) mass is 1000 g/mol. The van der Waals surface area contributed by atoms with Crippen molar-refractivity contribution in [3.63, 3.8) is 0 Å². The van der Waals surface area contributed by atoms with Crippen molar-refractivity contribution in [1.29, 1.82) is 0 Å². The molecule has 6 heterocycles. The predicted octanol–water partition coefficient (Wildman–Crippen LogP) is 10.9. The van der Waals surface area contributed by atoms with Crippen LogP contribution in [0.2, 0.25) is 0 Å². The summed E-state index contributed by atoms with van der Waals surface area (Å²) in [5.41, 5.74) is 6.50. The average molecular weight is 1000 g/mol. The van der Waals surface area contributed by atoms with E-state index in [2.05, 4.69) is 31.1 Å². The van der Waals surface area contributed by atoms with Crippen molar-refractivity contribution >= 4 is 48.7 Å². The minimum absolute atomic E-state index is 0.00230.